The molecule has 3 unspecified atom stereocenters. The lowest BCUT2D eigenvalue weighted by atomic mass is 10.1. The van der Waals surface area contributed by atoms with Crippen molar-refractivity contribution in [3.8, 4) is 17.2 Å². The summed E-state index contributed by atoms with van der Waals surface area (Å²) < 4.78 is 50.7. The zero-order valence-corrected chi connectivity index (χ0v) is 19.3. The van der Waals surface area contributed by atoms with E-state index in [9.17, 15) is 22.8 Å². The first-order valence-corrected chi connectivity index (χ1v) is 11.7. The van der Waals surface area contributed by atoms with E-state index < -0.39 is 17.8 Å². The lowest BCUT2D eigenvalue weighted by Crippen LogP contribution is -2.38. The van der Waals surface area contributed by atoms with Gasteiger partial charge >= 0.3 is 12.2 Å². The molecule has 1 saturated carbocycles. The number of fused-ring (bicyclic) bond motifs is 4. The molecule has 3 atom stereocenters. The quantitative estimate of drug-likeness (QED) is 0.469. The topological polar surface area (TPSA) is 102 Å². The molecule has 3 amide bonds. The highest BCUT2D eigenvalue weighted by Gasteiger charge is 2.59. The third-order valence-corrected chi connectivity index (χ3v) is 6.66. The number of hydrogen-bond donors (Lipinski definition) is 3. The molecular formula is C26H21F3N4O4. The monoisotopic (exact) mass is 510 g/mol. The van der Waals surface area contributed by atoms with E-state index in [2.05, 4.69) is 20.9 Å². The van der Waals surface area contributed by atoms with Gasteiger partial charge in [0, 0.05) is 30.3 Å². The van der Waals surface area contributed by atoms with Gasteiger partial charge < -0.3 is 25.4 Å². The standard InChI is InChI=1S/C26H21F3N4O4/c27-26(28,29)14-3-1-2-13(10-14)12-31-25(35)33-22-21-17-11-15(4-6-18(17)37-23(21)22)36-19-8-9-30-24-16(19)5-7-20(34)32-24/h1-4,6,8-11,21-23H,5,7,12H2,(H,30,32,34)(H2,31,33,35). The first-order valence-electron chi connectivity index (χ1n) is 11.7. The third kappa shape index (κ3) is 4.52. The number of nitrogens with one attached hydrogen (secondary N) is 3. The molecule has 3 heterocycles. The Bertz CT molecular complexity index is 1410. The first kappa shape index (κ1) is 23.1. The fourth-order valence-electron chi connectivity index (χ4n) is 4.80. The van der Waals surface area contributed by atoms with Crippen LogP contribution in [0.4, 0.5) is 23.8 Å². The van der Waals surface area contributed by atoms with Crippen molar-refractivity contribution in [3.63, 3.8) is 0 Å². The molecule has 0 saturated heterocycles. The van der Waals surface area contributed by atoms with Crippen LogP contribution in [0.5, 0.6) is 17.2 Å². The second-order valence-corrected chi connectivity index (χ2v) is 9.15. The number of ether oxygens (including phenoxy) is 2. The number of benzene rings is 2. The summed E-state index contributed by atoms with van der Waals surface area (Å²) in [7, 11) is 0. The summed E-state index contributed by atoms with van der Waals surface area (Å²) in [6.45, 7) is -0.0378. The number of carbonyl (C=O) groups excluding carboxylic acids is 2. The third-order valence-electron chi connectivity index (χ3n) is 6.66. The lowest BCUT2D eigenvalue weighted by molar-refractivity contribution is -0.137. The minimum Gasteiger partial charge on any atom is -0.487 e. The molecule has 1 fully saturated rings. The fraction of sp³-hybridized carbons (Fsp3) is 0.269. The van der Waals surface area contributed by atoms with Crippen LogP contribution in [0.1, 0.15) is 34.6 Å². The number of urea groups is 1. The maximum Gasteiger partial charge on any atom is 0.416 e. The summed E-state index contributed by atoms with van der Waals surface area (Å²) in [5, 5.41) is 8.19. The molecule has 3 N–H and O–H groups in total. The van der Waals surface area contributed by atoms with Gasteiger partial charge in [-0.05, 0) is 48.4 Å². The summed E-state index contributed by atoms with van der Waals surface area (Å²) in [5.41, 5.74) is 1.33. The van der Waals surface area contributed by atoms with Crippen LogP contribution in [-0.4, -0.2) is 29.1 Å². The number of amides is 3. The Hall–Kier alpha value is -4.28. The zero-order chi connectivity index (χ0) is 25.7. The molecular weight excluding hydrogens is 489 g/mol. The number of nitrogens with zero attached hydrogens (tertiary/aromatic N) is 1. The molecule has 6 rings (SSSR count). The largest absolute Gasteiger partial charge is 0.487 e. The molecule has 8 nitrogen and oxygen atoms in total. The Morgan fingerprint density at radius 3 is 2.86 bits per heavy atom. The Kier molecular flexibility index (Phi) is 5.43. The molecule has 1 aromatic heterocycles. The number of carbonyl (C=O) groups is 2. The molecule has 1 aliphatic carbocycles. The van der Waals surface area contributed by atoms with E-state index in [1.165, 1.54) is 12.1 Å². The summed E-state index contributed by atoms with van der Waals surface area (Å²) in [6, 6.07) is 11.3. The van der Waals surface area contributed by atoms with E-state index in [4.69, 9.17) is 9.47 Å². The maximum atomic E-state index is 12.9. The minimum absolute atomic E-state index is 0.0378. The van der Waals surface area contributed by atoms with Gasteiger partial charge in [-0.15, -0.1) is 0 Å². The highest BCUT2D eigenvalue weighted by molar-refractivity contribution is 5.93. The Morgan fingerprint density at radius 1 is 1.16 bits per heavy atom. The molecule has 37 heavy (non-hydrogen) atoms. The predicted octanol–water partition coefficient (Wildman–Crippen LogP) is 4.50. The molecule has 0 bridgehead atoms. The average Bonchev–Trinajstić information content (AvgIpc) is 3.38. The number of aromatic nitrogens is 1. The number of rotatable bonds is 5. The van der Waals surface area contributed by atoms with Crippen molar-refractivity contribution in [1.29, 1.82) is 0 Å². The number of halogens is 3. The Balaban J connectivity index is 1.09. The van der Waals surface area contributed by atoms with Crippen LogP contribution in [0.25, 0.3) is 0 Å². The zero-order valence-electron chi connectivity index (χ0n) is 19.3. The van der Waals surface area contributed by atoms with Crippen molar-refractivity contribution in [2.24, 2.45) is 0 Å². The van der Waals surface area contributed by atoms with E-state index in [-0.39, 0.29) is 30.5 Å². The van der Waals surface area contributed by atoms with Gasteiger partial charge in [-0.25, -0.2) is 9.78 Å². The molecule has 0 spiro atoms. The fourth-order valence-corrected chi connectivity index (χ4v) is 4.80. The second-order valence-electron chi connectivity index (χ2n) is 9.15. The first-order chi connectivity index (χ1) is 17.8. The molecule has 11 heteroatoms. The highest BCUT2D eigenvalue weighted by atomic mass is 19.4. The van der Waals surface area contributed by atoms with Crippen LogP contribution in [-0.2, 0) is 23.9 Å². The normalized spacial score (nSPS) is 21.1. The van der Waals surface area contributed by atoms with Crippen LogP contribution < -0.4 is 25.4 Å². The van der Waals surface area contributed by atoms with Crippen LogP contribution in [0.15, 0.2) is 54.7 Å². The molecule has 190 valence electrons. The molecule has 3 aromatic rings. The Labute approximate surface area is 209 Å². The Morgan fingerprint density at radius 2 is 2.03 bits per heavy atom. The van der Waals surface area contributed by atoms with Crippen molar-refractivity contribution in [2.75, 3.05) is 5.32 Å². The van der Waals surface area contributed by atoms with Gasteiger partial charge in [0.15, 0.2) is 0 Å². The van der Waals surface area contributed by atoms with Gasteiger partial charge in [-0.3, -0.25) is 4.79 Å². The lowest BCUT2D eigenvalue weighted by Gasteiger charge is -2.19. The molecule has 2 aromatic carbocycles. The van der Waals surface area contributed by atoms with Crippen molar-refractivity contribution in [2.45, 2.75) is 43.6 Å². The van der Waals surface area contributed by atoms with Gasteiger partial charge in [-0.1, -0.05) is 12.1 Å². The van der Waals surface area contributed by atoms with Crippen molar-refractivity contribution in [3.05, 3.63) is 77.0 Å². The average molecular weight is 510 g/mol. The molecule has 0 radical (unpaired) electrons. The van der Waals surface area contributed by atoms with E-state index in [1.807, 2.05) is 12.1 Å². The maximum absolute atomic E-state index is 12.9. The van der Waals surface area contributed by atoms with Crippen molar-refractivity contribution in [1.82, 2.24) is 15.6 Å². The van der Waals surface area contributed by atoms with Gasteiger partial charge in [0.25, 0.3) is 0 Å². The van der Waals surface area contributed by atoms with E-state index in [0.29, 0.717) is 41.5 Å². The smallest absolute Gasteiger partial charge is 0.416 e. The number of pyridine rings is 1. The van der Waals surface area contributed by atoms with Crippen LogP contribution in [0.3, 0.4) is 0 Å². The second kappa shape index (κ2) is 8.68. The van der Waals surface area contributed by atoms with Gasteiger partial charge in [0.2, 0.25) is 5.91 Å². The van der Waals surface area contributed by atoms with E-state index in [1.54, 1.807) is 18.3 Å². The van der Waals surface area contributed by atoms with E-state index in [0.717, 1.165) is 23.3 Å². The highest BCUT2D eigenvalue weighted by Crippen LogP contribution is 2.54. The summed E-state index contributed by atoms with van der Waals surface area (Å²) in [4.78, 5) is 28.3. The van der Waals surface area contributed by atoms with Crippen molar-refractivity contribution < 1.29 is 32.2 Å². The SMILES string of the molecule is O=C1CCc2c(Oc3ccc4c(c3)C3C(NC(=O)NCc5cccc(C(F)(F)F)c5)C3O4)ccnc2N1. The summed E-state index contributed by atoms with van der Waals surface area (Å²) in [5.74, 6) is 2.29. The van der Waals surface area contributed by atoms with E-state index >= 15 is 0 Å². The number of anilines is 1. The van der Waals surface area contributed by atoms with Gasteiger partial charge in [0.1, 0.15) is 29.2 Å². The van der Waals surface area contributed by atoms with Crippen LogP contribution in [0.2, 0.25) is 0 Å². The predicted molar refractivity (Wildman–Crippen MR) is 125 cm³/mol. The summed E-state index contributed by atoms with van der Waals surface area (Å²) >= 11 is 0. The number of hydrogen-bond acceptors (Lipinski definition) is 5. The van der Waals surface area contributed by atoms with Gasteiger partial charge in [-0.2, -0.15) is 13.2 Å². The van der Waals surface area contributed by atoms with Crippen molar-refractivity contribution >= 4 is 17.8 Å². The minimum atomic E-state index is -4.44. The van der Waals surface area contributed by atoms with Crippen LogP contribution >= 0.6 is 0 Å². The molecule has 3 aliphatic rings. The van der Waals surface area contributed by atoms with Gasteiger partial charge in [0.05, 0.1) is 17.5 Å². The molecule has 2 aliphatic heterocycles. The number of alkyl halides is 3. The summed E-state index contributed by atoms with van der Waals surface area (Å²) in [6.07, 6.45) is -2.19. The van der Waals surface area contributed by atoms with Crippen LogP contribution in [0, 0.1) is 0 Å².